The molecule has 0 unspecified atom stereocenters. The van der Waals surface area contributed by atoms with E-state index in [1.54, 1.807) is 0 Å². The summed E-state index contributed by atoms with van der Waals surface area (Å²) in [6.07, 6.45) is 3.22. The van der Waals surface area contributed by atoms with Crippen LogP contribution in [0.1, 0.15) is 23.3 Å². The molecule has 0 aromatic carbocycles. The van der Waals surface area contributed by atoms with Gasteiger partial charge < -0.3 is 15.2 Å². The van der Waals surface area contributed by atoms with Gasteiger partial charge in [0.1, 0.15) is 0 Å². The highest BCUT2D eigenvalue weighted by Crippen LogP contribution is 2.11. The molecule has 1 aliphatic heterocycles. The van der Waals surface area contributed by atoms with Gasteiger partial charge in [0.15, 0.2) is 5.69 Å². The number of carboxylic acid groups (broad SMARTS) is 1. The summed E-state index contributed by atoms with van der Waals surface area (Å²) in [4.78, 5) is 18.6. The van der Waals surface area contributed by atoms with Crippen LogP contribution in [0.3, 0.4) is 0 Å². The third-order valence-electron chi connectivity index (χ3n) is 2.43. The van der Waals surface area contributed by atoms with Crippen molar-refractivity contribution in [1.82, 2.24) is 9.97 Å². The summed E-state index contributed by atoms with van der Waals surface area (Å²) in [6.45, 7) is 1.44. The van der Waals surface area contributed by atoms with E-state index in [1.165, 1.54) is 12.3 Å². The molecule has 0 radical (unpaired) electrons. The third kappa shape index (κ3) is 2.66. The first kappa shape index (κ1) is 10.8. The molecule has 1 aromatic rings. The summed E-state index contributed by atoms with van der Waals surface area (Å²) < 4.78 is 5.22. The van der Waals surface area contributed by atoms with Gasteiger partial charge in [-0.2, -0.15) is 0 Å². The maximum absolute atomic E-state index is 10.7. The van der Waals surface area contributed by atoms with E-state index in [-0.39, 0.29) is 11.7 Å². The molecule has 1 fully saturated rings. The van der Waals surface area contributed by atoms with Gasteiger partial charge in [-0.1, -0.05) is 0 Å². The van der Waals surface area contributed by atoms with Crippen molar-refractivity contribution in [2.75, 3.05) is 18.5 Å². The molecule has 1 aliphatic rings. The smallest absolute Gasteiger partial charge is 0.354 e. The first-order valence-corrected chi connectivity index (χ1v) is 5.16. The Morgan fingerprint density at radius 1 is 1.50 bits per heavy atom. The molecule has 1 aromatic heterocycles. The van der Waals surface area contributed by atoms with Crippen LogP contribution in [0.5, 0.6) is 0 Å². The van der Waals surface area contributed by atoms with Gasteiger partial charge in [-0.15, -0.1) is 0 Å². The van der Waals surface area contributed by atoms with E-state index in [0.29, 0.717) is 5.95 Å². The molecule has 2 heterocycles. The van der Waals surface area contributed by atoms with Crippen LogP contribution >= 0.6 is 0 Å². The van der Waals surface area contributed by atoms with Crippen LogP contribution < -0.4 is 5.32 Å². The molecular formula is C10H13N3O3. The van der Waals surface area contributed by atoms with E-state index in [0.717, 1.165) is 26.1 Å². The average Bonchev–Trinajstić information content (AvgIpc) is 2.30. The summed E-state index contributed by atoms with van der Waals surface area (Å²) >= 11 is 0. The number of carboxylic acids is 1. The molecule has 0 aliphatic carbocycles. The Kier molecular flexibility index (Phi) is 3.31. The number of carbonyl (C=O) groups is 1. The lowest BCUT2D eigenvalue weighted by molar-refractivity contribution is 0.0690. The average molecular weight is 223 g/mol. The summed E-state index contributed by atoms with van der Waals surface area (Å²) in [5.74, 6) is -0.677. The molecule has 2 N–H and O–H groups in total. The number of hydrogen-bond acceptors (Lipinski definition) is 5. The number of nitrogens with zero attached hydrogens (tertiary/aromatic N) is 2. The highest BCUT2D eigenvalue weighted by Gasteiger charge is 2.15. The molecule has 1 saturated heterocycles. The molecule has 16 heavy (non-hydrogen) atoms. The summed E-state index contributed by atoms with van der Waals surface area (Å²) in [5.41, 5.74) is 0.00422. The van der Waals surface area contributed by atoms with Gasteiger partial charge in [0.25, 0.3) is 0 Å². The molecular weight excluding hydrogens is 210 g/mol. The molecule has 6 heteroatoms. The zero-order valence-corrected chi connectivity index (χ0v) is 8.72. The van der Waals surface area contributed by atoms with Gasteiger partial charge in [-0.3, -0.25) is 0 Å². The Hall–Kier alpha value is -1.69. The Balaban J connectivity index is 2.02. The molecule has 86 valence electrons. The molecule has 0 bridgehead atoms. The fraction of sp³-hybridized carbons (Fsp3) is 0.500. The number of aromatic carboxylic acids is 1. The minimum Gasteiger partial charge on any atom is -0.477 e. The van der Waals surface area contributed by atoms with Crippen LogP contribution in [0, 0.1) is 0 Å². The molecule has 0 atom stereocenters. The second-order valence-corrected chi connectivity index (χ2v) is 3.60. The van der Waals surface area contributed by atoms with Gasteiger partial charge in [-0.05, 0) is 18.9 Å². The van der Waals surface area contributed by atoms with Crippen LogP contribution in [0.15, 0.2) is 12.3 Å². The molecule has 2 rings (SSSR count). The fourth-order valence-corrected chi connectivity index (χ4v) is 1.57. The Bertz CT molecular complexity index is 377. The second kappa shape index (κ2) is 4.89. The van der Waals surface area contributed by atoms with Crippen LogP contribution in [0.2, 0.25) is 0 Å². The summed E-state index contributed by atoms with van der Waals surface area (Å²) in [7, 11) is 0. The summed E-state index contributed by atoms with van der Waals surface area (Å²) in [5, 5.41) is 11.9. The van der Waals surface area contributed by atoms with Gasteiger partial charge in [0.2, 0.25) is 5.95 Å². The lowest BCUT2D eigenvalue weighted by Gasteiger charge is -2.22. The fourth-order valence-electron chi connectivity index (χ4n) is 1.57. The zero-order valence-electron chi connectivity index (χ0n) is 8.72. The van der Waals surface area contributed by atoms with Crippen molar-refractivity contribution in [3.8, 4) is 0 Å². The predicted molar refractivity (Wildman–Crippen MR) is 56.5 cm³/mol. The normalized spacial score (nSPS) is 17.0. The molecule has 6 nitrogen and oxygen atoms in total. The lowest BCUT2D eigenvalue weighted by Crippen LogP contribution is -2.28. The third-order valence-corrected chi connectivity index (χ3v) is 2.43. The van der Waals surface area contributed by atoms with Crippen LogP contribution in [-0.2, 0) is 4.74 Å². The summed E-state index contributed by atoms with van der Waals surface area (Å²) in [6, 6.07) is 1.63. The van der Waals surface area contributed by atoms with Gasteiger partial charge in [-0.25, -0.2) is 14.8 Å². The Morgan fingerprint density at radius 2 is 2.25 bits per heavy atom. The van der Waals surface area contributed by atoms with Crippen LogP contribution in [-0.4, -0.2) is 40.3 Å². The molecule has 0 amide bonds. The van der Waals surface area contributed by atoms with E-state index in [4.69, 9.17) is 9.84 Å². The highest BCUT2D eigenvalue weighted by atomic mass is 16.5. The Morgan fingerprint density at radius 3 is 2.94 bits per heavy atom. The van der Waals surface area contributed by atoms with Crippen LogP contribution in [0.25, 0.3) is 0 Å². The van der Waals surface area contributed by atoms with Crippen molar-refractivity contribution in [3.05, 3.63) is 18.0 Å². The van der Waals surface area contributed by atoms with E-state index in [2.05, 4.69) is 15.3 Å². The standard InChI is InChI=1S/C10H13N3O3/c14-9(15)8-1-4-11-10(13-8)12-7-2-5-16-6-3-7/h1,4,7H,2-3,5-6H2,(H,14,15)(H,11,12,13). The topological polar surface area (TPSA) is 84.3 Å². The Labute approximate surface area is 92.7 Å². The monoisotopic (exact) mass is 223 g/mol. The van der Waals surface area contributed by atoms with Crippen molar-refractivity contribution < 1.29 is 14.6 Å². The molecule has 0 saturated carbocycles. The quantitative estimate of drug-likeness (QED) is 0.787. The predicted octanol–water partition coefficient (Wildman–Crippen LogP) is 0.766. The number of aromatic nitrogens is 2. The highest BCUT2D eigenvalue weighted by molar-refractivity contribution is 5.85. The number of rotatable bonds is 3. The first-order valence-electron chi connectivity index (χ1n) is 5.16. The van der Waals surface area contributed by atoms with E-state index < -0.39 is 5.97 Å². The van der Waals surface area contributed by atoms with Crippen molar-refractivity contribution in [2.45, 2.75) is 18.9 Å². The van der Waals surface area contributed by atoms with Crippen molar-refractivity contribution >= 4 is 11.9 Å². The first-order chi connectivity index (χ1) is 7.75. The number of ether oxygens (including phenoxy) is 1. The van der Waals surface area contributed by atoms with Crippen molar-refractivity contribution in [2.24, 2.45) is 0 Å². The van der Waals surface area contributed by atoms with Crippen molar-refractivity contribution in [3.63, 3.8) is 0 Å². The maximum Gasteiger partial charge on any atom is 0.354 e. The minimum absolute atomic E-state index is 0.00422. The lowest BCUT2D eigenvalue weighted by atomic mass is 10.1. The minimum atomic E-state index is -1.04. The maximum atomic E-state index is 10.7. The van der Waals surface area contributed by atoms with Gasteiger partial charge in [0, 0.05) is 25.5 Å². The van der Waals surface area contributed by atoms with Gasteiger partial charge in [0.05, 0.1) is 0 Å². The second-order valence-electron chi connectivity index (χ2n) is 3.60. The number of anilines is 1. The van der Waals surface area contributed by atoms with Crippen LogP contribution in [0.4, 0.5) is 5.95 Å². The van der Waals surface area contributed by atoms with E-state index in [1.807, 2.05) is 0 Å². The SMILES string of the molecule is O=C(O)c1ccnc(NC2CCOCC2)n1. The van der Waals surface area contributed by atoms with Gasteiger partial charge >= 0.3 is 5.97 Å². The van der Waals surface area contributed by atoms with E-state index >= 15 is 0 Å². The number of hydrogen-bond donors (Lipinski definition) is 2. The largest absolute Gasteiger partial charge is 0.477 e. The molecule has 0 spiro atoms. The van der Waals surface area contributed by atoms with Crippen molar-refractivity contribution in [1.29, 1.82) is 0 Å². The number of nitrogens with one attached hydrogen (secondary N) is 1. The van der Waals surface area contributed by atoms with E-state index in [9.17, 15) is 4.79 Å². The zero-order chi connectivity index (χ0) is 11.4.